The first-order valence-electron chi connectivity index (χ1n) is 7.88. The Labute approximate surface area is 151 Å². The number of anilines is 1. The number of ether oxygens (including phenoxy) is 1. The van der Waals surface area contributed by atoms with E-state index in [1.54, 1.807) is 55.6 Å². The normalized spacial score (nSPS) is 11.6. The molecule has 2 aromatic carbocycles. The Morgan fingerprint density at radius 3 is 2.44 bits per heavy atom. The van der Waals surface area contributed by atoms with Crippen molar-refractivity contribution in [3.05, 3.63) is 59.7 Å². The molecule has 0 bridgehead atoms. The van der Waals surface area contributed by atoms with Gasteiger partial charge in [-0.05, 0) is 36.2 Å². The number of carbonyl (C=O) groups is 2. The molecule has 2 aromatic rings. The maximum atomic E-state index is 12.7. The number of Topliss-reactive ketones (excluding diaryl/α,β-unsaturated/α-hetero) is 1. The fourth-order valence-corrected chi connectivity index (χ4v) is 2.59. The number of hydrogen-bond donors (Lipinski definition) is 2. The molecule has 0 spiro atoms. The number of benzene rings is 2. The summed E-state index contributed by atoms with van der Waals surface area (Å²) in [5.74, 6) is -1.66. The minimum absolute atomic E-state index is 0.113. The lowest BCUT2D eigenvalue weighted by Crippen LogP contribution is -2.26. The van der Waals surface area contributed by atoms with Gasteiger partial charge in [0.1, 0.15) is 18.3 Å². The van der Waals surface area contributed by atoms with E-state index < -0.39 is 17.7 Å². The molecule has 0 saturated carbocycles. The van der Waals surface area contributed by atoms with Gasteiger partial charge in [-0.3, -0.25) is 9.59 Å². The van der Waals surface area contributed by atoms with E-state index in [-0.39, 0.29) is 6.42 Å². The number of halogens is 1. The van der Waals surface area contributed by atoms with E-state index in [1.807, 2.05) is 0 Å². The molecule has 0 amide bonds. The summed E-state index contributed by atoms with van der Waals surface area (Å²) >= 11 is 5.57. The summed E-state index contributed by atoms with van der Waals surface area (Å²) in [5, 5.41) is 12.4. The SMILES string of the molecule is CNc1ccccc1C(=O)C(Cc1ccc(OCCCl)cc1)C(=O)O. The maximum Gasteiger partial charge on any atom is 0.314 e. The van der Waals surface area contributed by atoms with E-state index in [0.29, 0.717) is 29.5 Å². The second-order valence-corrected chi connectivity index (χ2v) is 5.81. The van der Waals surface area contributed by atoms with Crippen molar-refractivity contribution < 1.29 is 19.4 Å². The number of aliphatic carboxylic acids is 1. The van der Waals surface area contributed by atoms with Crippen LogP contribution in [0.2, 0.25) is 0 Å². The summed E-state index contributed by atoms with van der Waals surface area (Å²) < 4.78 is 5.39. The minimum Gasteiger partial charge on any atom is -0.492 e. The molecule has 132 valence electrons. The van der Waals surface area contributed by atoms with Crippen LogP contribution in [0.25, 0.3) is 0 Å². The molecule has 6 heteroatoms. The van der Waals surface area contributed by atoms with Gasteiger partial charge in [-0.25, -0.2) is 0 Å². The molecule has 0 aliphatic heterocycles. The molecule has 0 aliphatic rings. The zero-order valence-electron chi connectivity index (χ0n) is 13.9. The number of carboxylic acids is 1. The number of para-hydroxylation sites is 1. The average Bonchev–Trinajstić information content (AvgIpc) is 2.64. The van der Waals surface area contributed by atoms with E-state index in [0.717, 1.165) is 5.56 Å². The van der Waals surface area contributed by atoms with Crippen LogP contribution in [0, 0.1) is 5.92 Å². The predicted octanol–water partition coefficient (Wildman–Crippen LogP) is 3.47. The van der Waals surface area contributed by atoms with Crippen LogP contribution in [0.15, 0.2) is 48.5 Å². The fourth-order valence-electron chi connectivity index (χ4n) is 2.51. The van der Waals surface area contributed by atoms with Crippen molar-refractivity contribution in [2.24, 2.45) is 5.92 Å². The Hall–Kier alpha value is -2.53. The quantitative estimate of drug-likeness (QED) is 0.406. The lowest BCUT2D eigenvalue weighted by molar-refractivity contribution is -0.139. The Kier molecular flexibility index (Phi) is 6.83. The van der Waals surface area contributed by atoms with Crippen molar-refractivity contribution >= 4 is 29.0 Å². The van der Waals surface area contributed by atoms with Gasteiger partial charge in [0.05, 0.1) is 5.88 Å². The third-order valence-corrected chi connectivity index (χ3v) is 3.94. The lowest BCUT2D eigenvalue weighted by Gasteiger charge is -2.14. The van der Waals surface area contributed by atoms with Gasteiger partial charge in [0.15, 0.2) is 5.78 Å². The summed E-state index contributed by atoms with van der Waals surface area (Å²) in [6.45, 7) is 0.401. The minimum atomic E-state index is -1.15. The Morgan fingerprint density at radius 2 is 1.84 bits per heavy atom. The second-order valence-electron chi connectivity index (χ2n) is 5.44. The van der Waals surface area contributed by atoms with Crippen molar-refractivity contribution in [2.45, 2.75) is 6.42 Å². The first kappa shape index (κ1) is 18.8. The molecule has 2 N–H and O–H groups in total. The van der Waals surface area contributed by atoms with Crippen LogP contribution in [-0.2, 0) is 11.2 Å². The highest BCUT2D eigenvalue weighted by Crippen LogP contribution is 2.22. The summed E-state index contributed by atoms with van der Waals surface area (Å²) in [5.41, 5.74) is 1.74. The van der Waals surface area contributed by atoms with Gasteiger partial charge in [-0.2, -0.15) is 0 Å². The number of carboxylic acid groups (broad SMARTS) is 1. The molecule has 0 aromatic heterocycles. The highest BCUT2D eigenvalue weighted by atomic mass is 35.5. The number of alkyl halides is 1. The number of hydrogen-bond acceptors (Lipinski definition) is 4. The smallest absolute Gasteiger partial charge is 0.314 e. The molecular weight excluding hydrogens is 342 g/mol. The second kappa shape index (κ2) is 9.08. The number of nitrogens with one attached hydrogen (secondary N) is 1. The van der Waals surface area contributed by atoms with Gasteiger partial charge in [0.25, 0.3) is 0 Å². The Bertz CT molecular complexity index is 730. The highest BCUT2D eigenvalue weighted by Gasteiger charge is 2.28. The standard InChI is InChI=1S/C19H20ClNO4/c1-21-17-5-3-2-4-15(17)18(22)16(19(23)24)12-13-6-8-14(9-7-13)25-11-10-20/h2-9,16,21H,10-12H2,1H3,(H,23,24). The topological polar surface area (TPSA) is 75.6 Å². The lowest BCUT2D eigenvalue weighted by atomic mass is 9.90. The van der Waals surface area contributed by atoms with Crippen LogP contribution in [0.4, 0.5) is 5.69 Å². The van der Waals surface area contributed by atoms with Crippen molar-refractivity contribution in [3.8, 4) is 5.75 Å². The van der Waals surface area contributed by atoms with Crippen LogP contribution in [0.5, 0.6) is 5.75 Å². The zero-order chi connectivity index (χ0) is 18.2. The Balaban J connectivity index is 2.18. The molecular formula is C19H20ClNO4. The Morgan fingerprint density at radius 1 is 1.16 bits per heavy atom. The van der Waals surface area contributed by atoms with Crippen LogP contribution in [0.1, 0.15) is 15.9 Å². The van der Waals surface area contributed by atoms with Crippen LogP contribution >= 0.6 is 11.6 Å². The van der Waals surface area contributed by atoms with E-state index >= 15 is 0 Å². The monoisotopic (exact) mass is 361 g/mol. The molecule has 1 atom stereocenters. The van der Waals surface area contributed by atoms with Crippen LogP contribution < -0.4 is 10.1 Å². The summed E-state index contributed by atoms with van der Waals surface area (Å²) in [6.07, 6.45) is 0.113. The van der Waals surface area contributed by atoms with Gasteiger partial charge in [0.2, 0.25) is 0 Å². The maximum absolute atomic E-state index is 12.7. The molecule has 2 rings (SSSR count). The number of ketones is 1. The molecule has 5 nitrogen and oxygen atoms in total. The summed E-state index contributed by atoms with van der Waals surface area (Å²) in [4.78, 5) is 24.4. The van der Waals surface area contributed by atoms with Crippen LogP contribution in [0.3, 0.4) is 0 Å². The van der Waals surface area contributed by atoms with Crippen LogP contribution in [-0.4, -0.2) is 36.4 Å². The summed E-state index contributed by atoms with van der Waals surface area (Å²) in [6, 6.07) is 13.9. The third kappa shape index (κ3) is 4.97. The molecule has 0 saturated heterocycles. The average molecular weight is 362 g/mol. The van der Waals surface area contributed by atoms with Gasteiger partial charge < -0.3 is 15.2 Å². The molecule has 0 aliphatic carbocycles. The van der Waals surface area contributed by atoms with E-state index in [4.69, 9.17) is 16.3 Å². The van der Waals surface area contributed by atoms with E-state index in [9.17, 15) is 14.7 Å². The fraction of sp³-hybridized carbons (Fsp3) is 0.263. The van der Waals surface area contributed by atoms with Gasteiger partial charge >= 0.3 is 5.97 Å². The molecule has 0 fully saturated rings. The zero-order valence-corrected chi connectivity index (χ0v) is 14.6. The van der Waals surface area contributed by atoms with Gasteiger partial charge in [-0.15, -0.1) is 11.6 Å². The molecule has 0 radical (unpaired) electrons. The first-order chi connectivity index (χ1) is 12.1. The predicted molar refractivity (Wildman–Crippen MR) is 97.8 cm³/mol. The van der Waals surface area contributed by atoms with Crippen molar-refractivity contribution in [1.82, 2.24) is 0 Å². The van der Waals surface area contributed by atoms with Crippen molar-refractivity contribution in [3.63, 3.8) is 0 Å². The van der Waals surface area contributed by atoms with Crippen molar-refractivity contribution in [1.29, 1.82) is 0 Å². The third-order valence-electron chi connectivity index (χ3n) is 3.79. The molecule has 1 unspecified atom stereocenters. The first-order valence-corrected chi connectivity index (χ1v) is 8.41. The van der Waals surface area contributed by atoms with Crippen molar-refractivity contribution in [2.75, 3.05) is 24.9 Å². The number of carbonyl (C=O) groups excluding carboxylic acids is 1. The van der Waals surface area contributed by atoms with Gasteiger partial charge in [0, 0.05) is 18.3 Å². The van der Waals surface area contributed by atoms with Gasteiger partial charge in [-0.1, -0.05) is 24.3 Å². The molecule has 25 heavy (non-hydrogen) atoms. The van der Waals surface area contributed by atoms with E-state index in [1.165, 1.54) is 0 Å². The largest absolute Gasteiger partial charge is 0.492 e. The highest BCUT2D eigenvalue weighted by molar-refractivity contribution is 6.18. The summed E-state index contributed by atoms with van der Waals surface area (Å²) in [7, 11) is 1.70. The number of rotatable bonds is 9. The van der Waals surface area contributed by atoms with E-state index in [2.05, 4.69) is 5.32 Å². The molecule has 0 heterocycles.